The molecule has 21 heavy (non-hydrogen) atoms. The summed E-state index contributed by atoms with van der Waals surface area (Å²) < 4.78 is 26.0. The fourth-order valence-corrected chi connectivity index (χ4v) is 3.19. The molecule has 1 aromatic carbocycles. The number of hydrogen-bond acceptors (Lipinski definition) is 5. The number of aromatic carboxylic acids is 1. The minimum absolute atomic E-state index is 0.0125. The van der Waals surface area contributed by atoms with Gasteiger partial charge in [0.15, 0.2) is 0 Å². The van der Waals surface area contributed by atoms with Gasteiger partial charge in [0, 0.05) is 7.05 Å². The number of nitrogens with one attached hydrogen (secondary N) is 1. The van der Waals surface area contributed by atoms with Crippen LogP contribution in [0, 0.1) is 6.92 Å². The highest BCUT2D eigenvalue weighted by Gasteiger charge is 2.26. The summed E-state index contributed by atoms with van der Waals surface area (Å²) in [6.45, 7) is 1.59. The monoisotopic (exact) mass is 310 g/mol. The first kappa shape index (κ1) is 14.9. The third kappa shape index (κ3) is 2.55. The Hall–Kier alpha value is -2.55. The zero-order valence-electron chi connectivity index (χ0n) is 11.4. The average Bonchev–Trinajstić information content (AvgIpc) is 2.84. The Morgan fingerprint density at radius 1 is 1.43 bits per heavy atom. The van der Waals surface area contributed by atoms with Crippen LogP contribution in [0.3, 0.4) is 0 Å². The molecule has 112 valence electrons. The number of rotatable bonds is 4. The number of hydrogen-bond donors (Lipinski definition) is 3. The highest BCUT2D eigenvalue weighted by molar-refractivity contribution is 7.92. The maximum Gasteiger partial charge on any atom is 0.335 e. The molecular formula is C12H14N4O4S. The highest BCUT2D eigenvalue weighted by atomic mass is 32.2. The molecule has 0 saturated heterocycles. The zero-order chi connectivity index (χ0) is 15.8. The predicted molar refractivity (Wildman–Crippen MR) is 76.7 cm³/mol. The second-order valence-corrected chi connectivity index (χ2v) is 6.35. The molecule has 0 radical (unpaired) electrons. The number of aryl methyl sites for hydroxylation is 1. The molecule has 0 saturated carbocycles. The second kappa shape index (κ2) is 5.09. The number of nitrogen functional groups attached to an aromatic ring is 1. The maximum atomic E-state index is 12.5. The fourth-order valence-electron chi connectivity index (χ4n) is 1.85. The molecule has 2 rings (SSSR count). The van der Waals surface area contributed by atoms with Gasteiger partial charge in [0.25, 0.3) is 10.0 Å². The molecule has 4 N–H and O–H groups in total. The van der Waals surface area contributed by atoms with Gasteiger partial charge in [0.05, 0.1) is 28.8 Å². The van der Waals surface area contributed by atoms with Crippen LogP contribution in [0.4, 0.5) is 11.4 Å². The van der Waals surface area contributed by atoms with Gasteiger partial charge >= 0.3 is 5.97 Å². The van der Waals surface area contributed by atoms with Gasteiger partial charge in [0.1, 0.15) is 4.90 Å². The van der Waals surface area contributed by atoms with Crippen LogP contribution in [0.1, 0.15) is 16.1 Å². The van der Waals surface area contributed by atoms with E-state index in [9.17, 15) is 13.2 Å². The Bertz CT molecular complexity index is 797. The van der Waals surface area contributed by atoms with Crippen LogP contribution >= 0.6 is 0 Å². The zero-order valence-corrected chi connectivity index (χ0v) is 12.2. The summed E-state index contributed by atoms with van der Waals surface area (Å²) in [5.74, 6) is -1.13. The Labute approximate surface area is 121 Å². The number of aromatic nitrogens is 2. The van der Waals surface area contributed by atoms with Crippen LogP contribution in [0.2, 0.25) is 0 Å². The number of sulfonamides is 1. The minimum Gasteiger partial charge on any atom is -0.478 e. The standard InChI is InChI=1S/C12H14N4O4S/c1-7-11(6-14-15-7)21(19,20)16(2)10-4-3-8(12(17)18)5-9(10)13/h3-6H,13H2,1-2H3,(H,14,15)(H,17,18). The van der Waals surface area contributed by atoms with E-state index in [1.807, 2.05) is 0 Å². The van der Waals surface area contributed by atoms with Gasteiger partial charge in [-0.15, -0.1) is 0 Å². The molecule has 9 heteroatoms. The van der Waals surface area contributed by atoms with E-state index < -0.39 is 16.0 Å². The molecular weight excluding hydrogens is 296 g/mol. The number of nitrogens with zero attached hydrogens (tertiary/aromatic N) is 2. The van der Waals surface area contributed by atoms with Crippen molar-refractivity contribution in [2.24, 2.45) is 0 Å². The third-order valence-corrected chi connectivity index (χ3v) is 4.92. The van der Waals surface area contributed by atoms with Crippen molar-refractivity contribution in [2.45, 2.75) is 11.8 Å². The quantitative estimate of drug-likeness (QED) is 0.717. The lowest BCUT2D eigenvalue weighted by molar-refractivity contribution is 0.0697. The van der Waals surface area contributed by atoms with Crippen LogP contribution in [-0.4, -0.2) is 36.7 Å². The summed E-state index contributed by atoms with van der Waals surface area (Å²) in [5.41, 5.74) is 6.40. The smallest absolute Gasteiger partial charge is 0.335 e. The first-order valence-corrected chi connectivity index (χ1v) is 7.31. The number of carbonyl (C=O) groups is 1. The van der Waals surface area contributed by atoms with E-state index in [2.05, 4.69) is 10.2 Å². The number of benzene rings is 1. The Morgan fingerprint density at radius 2 is 2.10 bits per heavy atom. The Kier molecular flexibility index (Phi) is 3.60. The number of carboxylic acids is 1. The first-order chi connectivity index (χ1) is 9.75. The van der Waals surface area contributed by atoms with Crippen LogP contribution in [0.15, 0.2) is 29.3 Å². The van der Waals surface area contributed by atoms with Crippen molar-refractivity contribution in [3.63, 3.8) is 0 Å². The van der Waals surface area contributed by atoms with Gasteiger partial charge in [-0.3, -0.25) is 9.40 Å². The van der Waals surface area contributed by atoms with Gasteiger partial charge < -0.3 is 10.8 Å². The Balaban J connectivity index is 2.48. The molecule has 8 nitrogen and oxygen atoms in total. The van der Waals surface area contributed by atoms with Crippen LogP contribution in [0.25, 0.3) is 0 Å². The molecule has 0 aliphatic heterocycles. The summed E-state index contributed by atoms with van der Waals surface area (Å²) in [4.78, 5) is 10.9. The molecule has 1 heterocycles. The van der Waals surface area contributed by atoms with E-state index in [1.165, 1.54) is 31.4 Å². The van der Waals surface area contributed by atoms with Gasteiger partial charge in [-0.05, 0) is 25.1 Å². The van der Waals surface area contributed by atoms with Crippen molar-refractivity contribution in [2.75, 3.05) is 17.1 Å². The van der Waals surface area contributed by atoms with Crippen molar-refractivity contribution in [1.82, 2.24) is 10.2 Å². The molecule has 0 unspecified atom stereocenters. The van der Waals surface area contributed by atoms with Crippen molar-refractivity contribution in [1.29, 1.82) is 0 Å². The predicted octanol–water partition coefficient (Wildman–Crippen LogP) is 0.824. The maximum absolute atomic E-state index is 12.5. The third-order valence-electron chi connectivity index (χ3n) is 3.04. The number of aromatic amines is 1. The van der Waals surface area contributed by atoms with Gasteiger partial charge in [-0.2, -0.15) is 5.10 Å². The number of carboxylic acid groups (broad SMARTS) is 1. The minimum atomic E-state index is -3.82. The van der Waals surface area contributed by atoms with Gasteiger partial charge in [-0.25, -0.2) is 13.2 Å². The lowest BCUT2D eigenvalue weighted by atomic mass is 10.2. The average molecular weight is 310 g/mol. The second-order valence-electron chi connectivity index (χ2n) is 4.41. The van der Waals surface area contributed by atoms with E-state index in [0.717, 1.165) is 4.31 Å². The van der Waals surface area contributed by atoms with E-state index in [1.54, 1.807) is 6.92 Å². The molecule has 0 fully saturated rings. The molecule has 0 aliphatic carbocycles. The molecule has 1 aromatic heterocycles. The lowest BCUT2D eigenvalue weighted by Crippen LogP contribution is -2.27. The molecule has 0 spiro atoms. The molecule has 0 aliphatic rings. The van der Waals surface area contributed by atoms with Crippen molar-refractivity contribution in [3.8, 4) is 0 Å². The Morgan fingerprint density at radius 3 is 2.57 bits per heavy atom. The van der Waals surface area contributed by atoms with Crippen molar-refractivity contribution < 1.29 is 18.3 Å². The lowest BCUT2D eigenvalue weighted by Gasteiger charge is -2.20. The first-order valence-electron chi connectivity index (χ1n) is 5.87. The summed E-state index contributed by atoms with van der Waals surface area (Å²) in [5, 5.41) is 15.1. The van der Waals surface area contributed by atoms with E-state index >= 15 is 0 Å². The summed E-state index contributed by atoms with van der Waals surface area (Å²) in [6.07, 6.45) is 1.21. The molecule has 0 atom stereocenters. The SMILES string of the molecule is Cc1[nH]ncc1S(=O)(=O)N(C)c1ccc(C(=O)O)cc1N. The van der Waals surface area contributed by atoms with Gasteiger partial charge in [-0.1, -0.05) is 0 Å². The molecule has 0 amide bonds. The molecule has 0 bridgehead atoms. The summed E-state index contributed by atoms with van der Waals surface area (Å²) in [7, 11) is -2.48. The van der Waals surface area contributed by atoms with Crippen LogP contribution in [-0.2, 0) is 10.0 Å². The van der Waals surface area contributed by atoms with Crippen LogP contribution in [0.5, 0.6) is 0 Å². The van der Waals surface area contributed by atoms with Crippen molar-refractivity contribution in [3.05, 3.63) is 35.7 Å². The highest BCUT2D eigenvalue weighted by Crippen LogP contribution is 2.28. The number of anilines is 2. The van der Waals surface area contributed by atoms with E-state index in [4.69, 9.17) is 10.8 Å². The van der Waals surface area contributed by atoms with Crippen molar-refractivity contribution >= 4 is 27.4 Å². The topological polar surface area (TPSA) is 129 Å². The summed E-state index contributed by atoms with van der Waals surface area (Å²) >= 11 is 0. The van der Waals surface area contributed by atoms with Crippen LogP contribution < -0.4 is 10.0 Å². The fraction of sp³-hybridized carbons (Fsp3) is 0.167. The van der Waals surface area contributed by atoms with Gasteiger partial charge in [0.2, 0.25) is 0 Å². The van der Waals surface area contributed by atoms with E-state index in [-0.39, 0.29) is 21.8 Å². The summed E-state index contributed by atoms with van der Waals surface area (Å²) in [6, 6.07) is 3.86. The largest absolute Gasteiger partial charge is 0.478 e. The normalized spacial score (nSPS) is 11.3. The van der Waals surface area contributed by atoms with E-state index in [0.29, 0.717) is 5.69 Å². The number of H-pyrrole nitrogens is 1. The number of nitrogens with two attached hydrogens (primary N) is 1. The molecule has 2 aromatic rings.